The van der Waals surface area contributed by atoms with Crippen LogP contribution in [0.4, 0.5) is 0 Å². The highest BCUT2D eigenvalue weighted by molar-refractivity contribution is 9.10. The summed E-state index contributed by atoms with van der Waals surface area (Å²) in [6, 6.07) is 14.0. The maximum absolute atomic E-state index is 6.42. The summed E-state index contributed by atoms with van der Waals surface area (Å²) in [5.74, 6) is 0.880. The van der Waals surface area contributed by atoms with Crippen molar-refractivity contribution in [2.75, 3.05) is 13.7 Å². The lowest BCUT2D eigenvalue weighted by Crippen LogP contribution is -2.19. The van der Waals surface area contributed by atoms with Gasteiger partial charge in [0.2, 0.25) is 0 Å². The third-order valence-electron chi connectivity index (χ3n) is 3.11. The lowest BCUT2D eigenvalue weighted by molar-refractivity contribution is 0.334. The van der Waals surface area contributed by atoms with Crippen LogP contribution in [0.5, 0.6) is 5.75 Å². The Labute approximate surface area is 133 Å². The third-order valence-corrected chi connectivity index (χ3v) is 4.42. The van der Waals surface area contributed by atoms with Gasteiger partial charge in [-0.25, -0.2) is 0 Å². The van der Waals surface area contributed by atoms with E-state index >= 15 is 0 Å². The number of ether oxygens (including phenoxy) is 1. The number of rotatable bonds is 5. The normalized spacial score (nSPS) is 12.2. The molecule has 1 atom stereocenters. The van der Waals surface area contributed by atoms with Gasteiger partial charge in [0.15, 0.2) is 0 Å². The van der Waals surface area contributed by atoms with Crippen LogP contribution in [0.3, 0.4) is 0 Å². The molecule has 106 valence electrons. The molecule has 2 aromatic rings. The van der Waals surface area contributed by atoms with E-state index in [1.54, 1.807) is 0 Å². The van der Waals surface area contributed by atoms with Crippen molar-refractivity contribution in [1.29, 1.82) is 0 Å². The second-order valence-corrected chi connectivity index (χ2v) is 5.57. The van der Waals surface area contributed by atoms with Gasteiger partial charge in [0, 0.05) is 10.0 Å². The molecule has 2 rings (SSSR count). The minimum atomic E-state index is -0.0113. The summed E-state index contributed by atoms with van der Waals surface area (Å²) in [5, 5.41) is 4.04. The summed E-state index contributed by atoms with van der Waals surface area (Å²) in [5.41, 5.74) is 2.10. The number of para-hydroxylation sites is 1. The first-order chi connectivity index (χ1) is 9.69. The molecule has 0 aliphatic rings. The molecule has 0 radical (unpaired) electrons. The van der Waals surface area contributed by atoms with Crippen LogP contribution >= 0.6 is 27.5 Å². The first-order valence-corrected chi connectivity index (χ1v) is 7.69. The molecular formula is C16H17BrClNO. The standard InChI is InChI=1S/C16H17BrClNO/c1-3-20-14-10-5-4-7-11(14)16(19-2)12-8-6-9-13(17)15(12)18/h4-10,16,19H,3H2,1-2H3. The predicted molar refractivity (Wildman–Crippen MR) is 87.7 cm³/mol. The van der Waals surface area contributed by atoms with Crippen LogP contribution < -0.4 is 10.1 Å². The maximum Gasteiger partial charge on any atom is 0.124 e. The van der Waals surface area contributed by atoms with Gasteiger partial charge in [-0.3, -0.25) is 0 Å². The quantitative estimate of drug-likeness (QED) is 0.832. The minimum absolute atomic E-state index is 0.0113. The highest BCUT2D eigenvalue weighted by atomic mass is 79.9. The van der Waals surface area contributed by atoms with Gasteiger partial charge in [-0.15, -0.1) is 0 Å². The molecule has 4 heteroatoms. The Kier molecular flexibility index (Phi) is 5.46. The lowest BCUT2D eigenvalue weighted by Gasteiger charge is -2.21. The highest BCUT2D eigenvalue weighted by Gasteiger charge is 2.19. The van der Waals surface area contributed by atoms with Crippen molar-refractivity contribution in [2.24, 2.45) is 0 Å². The molecule has 0 amide bonds. The molecule has 0 spiro atoms. The molecule has 1 unspecified atom stereocenters. The van der Waals surface area contributed by atoms with Crippen LogP contribution in [0.25, 0.3) is 0 Å². The molecule has 0 saturated heterocycles. The smallest absolute Gasteiger partial charge is 0.124 e. The number of benzene rings is 2. The van der Waals surface area contributed by atoms with Crippen LogP contribution in [0.1, 0.15) is 24.1 Å². The topological polar surface area (TPSA) is 21.3 Å². The van der Waals surface area contributed by atoms with Gasteiger partial charge < -0.3 is 10.1 Å². The van der Waals surface area contributed by atoms with E-state index in [-0.39, 0.29) is 6.04 Å². The van der Waals surface area contributed by atoms with E-state index in [2.05, 4.69) is 27.3 Å². The number of halogens is 2. The van der Waals surface area contributed by atoms with Crippen molar-refractivity contribution >= 4 is 27.5 Å². The summed E-state index contributed by atoms with van der Waals surface area (Å²) in [6.07, 6.45) is 0. The van der Waals surface area contributed by atoms with Crippen molar-refractivity contribution in [3.8, 4) is 5.75 Å². The first kappa shape index (κ1) is 15.4. The van der Waals surface area contributed by atoms with Crippen molar-refractivity contribution in [3.05, 3.63) is 63.1 Å². The van der Waals surface area contributed by atoms with Crippen LogP contribution in [-0.2, 0) is 0 Å². The number of hydrogen-bond donors (Lipinski definition) is 1. The molecule has 0 aliphatic carbocycles. The zero-order chi connectivity index (χ0) is 14.5. The fourth-order valence-electron chi connectivity index (χ4n) is 2.23. The minimum Gasteiger partial charge on any atom is -0.494 e. The van der Waals surface area contributed by atoms with E-state index in [9.17, 15) is 0 Å². The number of hydrogen-bond acceptors (Lipinski definition) is 2. The summed E-state index contributed by atoms with van der Waals surface area (Å²) in [7, 11) is 1.92. The highest BCUT2D eigenvalue weighted by Crippen LogP contribution is 2.36. The van der Waals surface area contributed by atoms with Crippen LogP contribution in [-0.4, -0.2) is 13.7 Å². The van der Waals surface area contributed by atoms with Crippen molar-refractivity contribution in [3.63, 3.8) is 0 Å². The molecule has 0 aliphatic heterocycles. The van der Waals surface area contributed by atoms with E-state index in [0.717, 1.165) is 26.4 Å². The average molecular weight is 355 g/mol. The third kappa shape index (κ3) is 3.17. The second-order valence-electron chi connectivity index (χ2n) is 4.34. The summed E-state index contributed by atoms with van der Waals surface area (Å²) < 4.78 is 6.61. The lowest BCUT2D eigenvalue weighted by atomic mass is 9.98. The monoisotopic (exact) mass is 353 g/mol. The second kappa shape index (κ2) is 7.11. The van der Waals surface area contributed by atoms with Crippen LogP contribution in [0.15, 0.2) is 46.9 Å². The molecule has 20 heavy (non-hydrogen) atoms. The summed E-state index contributed by atoms with van der Waals surface area (Å²) >= 11 is 9.89. The number of nitrogens with one attached hydrogen (secondary N) is 1. The fourth-order valence-corrected chi connectivity index (χ4v) is 2.84. The SMILES string of the molecule is CCOc1ccccc1C(NC)c1cccc(Br)c1Cl. The molecule has 0 heterocycles. The fraction of sp³-hybridized carbons (Fsp3) is 0.250. The summed E-state index contributed by atoms with van der Waals surface area (Å²) in [4.78, 5) is 0. The van der Waals surface area contributed by atoms with E-state index in [4.69, 9.17) is 16.3 Å². The van der Waals surface area contributed by atoms with E-state index in [0.29, 0.717) is 6.61 Å². The maximum atomic E-state index is 6.42. The molecule has 0 fully saturated rings. The van der Waals surface area contributed by atoms with Crippen LogP contribution in [0, 0.1) is 0 Å². The van der Waals surface area contributed by atoms with Gasteiger partial charge in [-0.2, -0.15) is 0 Å². The van der Waals surface area contributed by atoms with Crippen molar-refractivity contribution in [1.82, 2.24) is 5.32 Å². The van der Waals surface area contributed by atoms with E-state index in [1.807, 2.05) is 50.4 Å². The Bertz CT molecular complexity index is 588. The zero-order valence-corrected chi connectivity index (χ0v) is 13.8. The predicted octanol–water partition coefficient (Wildman–Crippen LogP) is 4.81. The molecule has 0 aromatic heterocycles. The Morgan fingerprint density at radius 2 is 1.85 bits per heavy atom. The van der Waals surface area contributed by atoms with Gasteiger partial charge in [0.05, 0.1) is 17.7 Å². The molecular weight excluding hydrogens is 338 g/mol. The van der Waals surface area contributed by atoms with Crippen LogP contribution in [0.2, 0.25) is 5.02 Å². The van der Waals surface area contributed by atoms with Crippen molar-refractivity contribution < 1.29 is 4.74 Å². The Morgan fingerprint density at radius 1 is 1.15 bits per heavy atom. The zero-order valence-electron chi connectivity index (χ0n) is 11.5. The van der Waals surface area contributed by atoms with Gasteiger partial charge in [-0.05, 0) is 47.6 Å². The molecule has 0 bridgehead atoms. The largest absolute Gasteiger partial charge is 0.494 e. The Balaban J connectivity index is 2.50. The Morgan fingerprint density at radius 3 is 2.55 bits per heavy atom. The van der Waals surface area contributed by atoms with E-state index in [1.165, 1.54) is 0 Å². The first-order valence-electron chi connectivity index (χ1n) is 6.52. The molecule has 2 nitrogen and oxygen atoms in total. The van der Waals surface area contributed by atoms with Gasteiger partial charge in [-0.1, -0.05) is 41.9 Å². The molecule has 2 aromatic carbocycles. The molecule has 1 N–H and O–H groups in total. The average Bonchev–Trinajstić information content (AvgIpc) is 2.46. The summed E-state index contributed by atoms with van der Waals surface area (Å²) in [6.45, 7) is 2.62. The molecule has 0 saturated carbocycles. The van der Waals surface area contributed by atoms with E-state index < -0.39 is 0 Å². The Hall–Kier alpha value is -1.03. The van der Waals surface area contributed by atoms with Gasteiger partial charge in [0.25, 0.3) is 0 Å². The van der Waals surface area contributed by atoms with Crippen molar-refractivity contribution in [2.45, 2.75) is 13.0 Å². The van der Waals surface area contributed by atoms with Gasteiger partial charge in [0.1, 0.15) is 5.75 Å². The van der Waals surface area contributed by atoms with Gasteiger partial charge >= 0.3 is 0 Å².